The van der Waals surface area contributed by atoms with Crippen molar-refractivity contribution in [2.75, 3.05) is 13.1 Å². The van der Waals surface area contributed by atoms with E-state index in [1.54, 1.807) is 25.7 Å². The number of nitrogens with two attached hydrogens (primary N) is 1. The van der Waals surface area contributed by atoms with Crippen molar-refractivity contribution < 1.29 is 27.5 Å². The van der Waals surface area contributed by atoms with Gasteiger partial charge in [-0.05, 0) is 20.4 Å². The lowest BCUT2D eigenvalue weighted by atomic mass is 9.93. The monoisotopic (exact) mass is 366 g/mol. The van der Waals surface area contributed by atoms with Crippen LogP contribution in [0.1, 0.15) is 36.7 Å². The molecule has 7 nitrogen and oxygen atoms in total. The molecule has 2 rings (SSSR count). The maximum absolute atomic E-state index is 12.7. The number of esters is 1. The van der Waals surface area contributed by atoms with Gasteiger partial charge in [0, 0.05) is 6.54 Å². The number of amides is 1. The predicted molar refractivity (Wildman–Crippen MR) is 78.1 cm³/mol. The van der Waals surface area contributed by atoms with Crippen LogP contribution in [0.15, 0.2) is 0 Å². The van der Waals surface area contributed by atoms with Gasteiger partial charge in [-0.1, -0.05) is 18.3 Å². The minimum atomic E-state index is -4.68. The number of primary amides is 1. The van der Waals surface area contributed by atoms with Crippen LogP contribution in [0.4, 0.5) is 13.2 Å². The van der Waals surface area contributed by atoms with E-state index in [0.29, 0.717) is 13.1 Å². The van der Waals surface area contributed by atoms with Gasteiger partial charge in [0.15, 0.2) is 0 Å². The number of alkyl halides is 3. The van der Waals surface area contributed by atoms with Crippen molar-refractivity contribution >= 4 is 23.2 Å². The second kappa shape index (κ2) is 6.28. The Kier molecular flexibility index (Phi) is 4.86. The fourth-order valence-corrected chi connectivity index (χ4v) is 3.49. The van der Waals surface area contributed by atoms with E-state index in [9.17, 15) is 22.8 Å². The smallest absolute Gasteiger partial charge is 0.445 e. The number of hydrogen-bond acceptors (Lipinski definition) is 7. The third-order valence-electron chi connectivity index (χ3n) is 3.57. The summed E-state index contributed by atoms with van der Waals surface area (Å²) in [5, 5.41) is 5.03. The third-order valence-corrected chi connectivity index (χ3v) is 4.62. The Balaban J connectivity index is 2.41. The highest BCUT2D eigenvalue weighted by Gasteiger charge is 2.48. The van der Waals surface area contributed by atoms with E-state index in [-0.39, 0.29) is 16.3 Å². The first-order valence-corrected chi connectivity index (χ1v) is 7.94. The van der Waals surface area contributed by atoms with Crippen molar-refractivity contribution in [3.8, 4) is 0 Å². The fraction of sp³-hybridized carbons (Fsp3) is 0.692. The number of aromatic nitrogens is 2. The molecule has 0 radical (unpaired) electrons. The molecule has 2 N–H and O–H groups in total. The van der Waals surface area contributed by atoms with Gasteiger partial charge in [0.25, 0.3) is 0 Å². The molecule has 0 aliphatic carbocycles. The van der Waals surface area contributed by atoms with Crippen LogP contribution in [0.3, 0.4) is 0 Å². The second-order valence-electron chi connectivity index (χ2n) is 6.01. The minimum absolute atomic E-state index is 0.202. The van der Waals surface area contributed by atoms with Gasteiger partial charge in [0.2, 0.25) is 10.9 Å². The highest BCUT2D eigenvalue weighted by Crippen LogP contribution is 2.37. The van der Waals surface area contributed by atoms with Crippen molar-refractivity contribution in [1.82, 2.24) is 15.1 Å². The molecule has 1 aromatic rings. The Morgan fingerprint density at radius 2 is 2.12 bits per heavy atom. The van der Waals surface area contributed by atoms with E-state index in [1.807, 2.05) is 0 Å². The summed E-state index contributed by atoms with van der Waals surface area (Å²) in [7, 11) is 0. The molecule has 0 aromatic carbocycles. The lowest BCUT2D eigenvalue weighted by Crippen LogP contribution is -2.60. The largest absolute Gasteiger partial charge is 0.457 e. The Morgan fingerprint density at radius 3 is 2.58 bits per heavy atom. The SMILES string of the molecule is CCN1CC(C)(C)OC(=O)C1C(C(N)=O)c1nnc(C(F)(F)F)s1. The lowest BCUT2D eigenvalue weighted by molar-refractivity contribution is -0.180. The average Bonchev–Trinajstić information content (AvgIpc) is 2.89. The molecule has 2 unspecified atom stereocenters. The van der Waals surface area contributed by atoms with Crippen molar-refractivity contribution in [2.45, 2.75) is 44.5 Å². The number of hydrogen-bond donors (Lipinski definition) is 1. The number of rotatable bonds is 4. The number of morpholine rings is 1. The Morgan fingerprint density at radius 1 is 1.50 bits per heavy atom. The van der Waals surface area contributed by atoms with Gasteiger partial charge in [-0.25, -0.2) is 0 Å². The number of nitrogens with zero attached hydrogens (tertiary/aromatic N) is 3. The molecule has 1 fully saturated rings. The molecule has 1 aliphatic rings. The molecule has 2 heterocycles. The maximum atomic E-state index is 12.7. The van der Waals surface area contributed by atoms with Crippen molar-refractivity contribution in [3.05, 3.63) is 10.0 Å². The van der Waals surface area contributed by atoms with Crippen LogP contribution in [0, 0.1) is 0 Å². The summed E-state index contributed by atoms with van der Waals surface area (Å²) in [6.07, 6.45) is -4.68. The van der Waals surface area contributed by atoms with Crippen LogP contribution >= 0.6 is 11.3 Å². The van der Waals surface area contributed by atoms with Crippen molar-refractivity contribution in [3.63, 3.8) is 0 Å². The topological polar surface area (TPSA) is 98.4 Å². The molecular formula is C13H17F3N4O3S. The minimum Gasteiger partial charge on any atom is -0.457 e. The highest BCUT2D eigenvalue weighted by atomic mass is 32.1. The first-order valence-electron chi connectivity index (χ1n) is 7.13. The van der Waals surface area contributed by atoms with E-state index in [4.69, 9.17) is 10.5 Å². The van der Waals surface area contributed by atoms with Crippen LogP contribution < -0.4 is 5.73 Å². The van der Waals surface area contributed by atoms with Gasteiger partial charge in [-0.15, -0.1) is 10.2 Å². The fourth-order valence-electron chi connectivity index (χ4n) is 2.64. The van der Waals surface area contributed by atoms with Crippen LogP contribution in [0.2, 0.25) is 0 Å². The summed E-state index contributed by atoms with van der Waals surface area (Å²) in [4.78, 5) is 25.9. The standard InChI is InChI=1S/C13H17F3N4O3S/c1-4-20-5-12(2,3)23-10(22)7(20)6(8(17)21)9-18-19-11(24-9)13(14,15)16/h6-7H,4-5H2,1-3H3,(H2,17,21). The molecule has 1 saturated heterocycles. The normalized spacial score (nSPS) is 22.9. The van der Waals surface area contributed by atoms with E-state index in [1.165, 1.54) is 0 Å². The molecule has 1 amide bonds. The third kappa shape index (κ3) is 3.66. The lowest BCUT2D eigenvalue weighted by Gasteiger charge is -2.43. The number of cyclic esters (lactones) is 1. The van der Waals surface area contributed by atoms with E-state index in [0.717, 1.165) is 0 Å². The first-order chi connectivity index (χ1) is 11.0. The molecular weight excluding hydrogens is 349 g/mol. The zero-order valence-corrected chi connectivity index (χ0v) is 14.1. The molecule has 24 heavy (non-hydrogen) atoms. The number of carbonyl (C=O) groups excluding carboxylic acids is 2. The molecule has 11 heteroatoms. The van der Waals surface area contributed by atoms with Crippen molar-refractivity contribution in [2.24, 2.45) is 5.73 Å². The Labute approximate surface area is 140 Å². The molecule has 1 aromatic heterocycles. The molecule has 0 bridgehead atoms. The van der Waals surface area contributed by atoms with E-state index in [2.05, 4.69) is 10.2 Å². The van der Waals surface area contributed by atoms with Gasteiger partial charge in [-0.2, -0.15) is 13.2 Å². The van der Waals surface area contributed by atoms with Gasteiger partial charge in [0.1, 0.15) is 22.6 Å². The van der Waals surface area contributed by atoms with E-state index >= 15 is 0 Å². The zero-order valence-electron chi connectivity index (χ0n) is 13.3. The summed E-state index contributed by atoms with van der Waals surface area (Å²) in [6, 6.07) is -1.13. The van der Waals surface area contributed by atoms with Crippen LogP contribution in [-0.2, 0) is 20.5 Å². The van der Waals surface area contributed by atoms with Gasteiger partial charge in [0.05, 0.1) is 0 Å². The summed E-state index contributed by atoms with van der Waals surface area (Å²) in [5.74, 6) is -3.04. The number of ether oxygens (including phenoxy) is 1. The Bertz CT molecular complexity index is 647. The quantitative estimate of drug-likeness (QED) is 0.803. The summed E-state index contributed by atoms with van der Waals surface area (Å²) in [6.45, 7) is 5.87. The highest BCUT2D eigenvalue weighted by molar-refractivity contribution is 7.11. The van der Waals surface area contributed by atoms with Crippen LogP contribution in [0.5, 0.6) is 0 Å². The Hall–Kier alpha value is -1.75. The maximum Gasteiger partial charge on any atom is 0.445 e. The van der Waals surface area contributed by atoms with Crippen LogP contribution in [0.25, 0.3) is 0 Å². The zero-order chi connectivity index (χ0) is 18.3. The summed E-state index contributed by atoms with van der Waals surface area (Å²) in [5.41, 5.74) is 4.58. The van der Waals surface area contributed by atoms with Crippen molar-refractivity contribution in [1.29, 1.82) is 0 Å². The molecule has 2 atom stereocenters. The van der Waals surface area contributed by atoms with E-state index < -0.39 is 40.6 Å². The molecule has 1 aliphatic heterocycles. The first kappa shape index (κ1) is 18.6. The average molecular weight is 366 g/mol. The van der Waals surface area contributed by atoms with Gasteiger partial charge >= 0.3 is 12.1 Å². The van der Waals surface area contributed by atoms with Gasteiger partial charge < -0.3 is 10.5 Å². The molecule has 0 spiro atoms. The number of halogens is 3. The molecule has 0 saturated carbocycles. The predicted octanol–water partition coefficient (Wildman–Crippen LogP) is 1.15. The number of likely N-dealkylation sites (N-methyl/N-ethyl adjacent to an activating group) is 1. The number of carbonyl (C=O) groups is 2. The summed E-state index contributed by atoms with van der Waals surface area (Å²) >= 11 is 0.202. The second-order valence-corrected chi connectivity index (χ2v) is 7.02. The molecule has 134 valence electrons. The summed E-state index contributed by atoms with van der Waals surface area (Å²) < 4.78 is 43.4. The van der Waals surface area contributed by atoms with Crippen LogP contribution in [-0.4, -0.2) is 51.7 Å². The van der Waals surface area contributed by atoms with Gasteiger partial charge in [-0.3, -0.25) is 14.5 Å².